The van der Waals surface area contributed by atoms with Gasteiger partial charge in [-0.05, 0) is 25.0 Å². The van der Waals surface area contributed by atoms with Crippen molar-refractivity contribution in [1.29, 1.82) is 0 Å². The topological polar surface area (TPSA) is 0 Å². The van der Waals surface area contributed by atoms with Crippen molar-refractivity contribution < 1.29 is 0 Å². The molecule has 0 nitrogen and oxygen atoms in total. The lowest BCUT2D eigenvalue weighted by Crippen LogP contribution is -1.77. The van der Waals surface area contributed by atoms with E-state index in [2.05, 4.69) is 0 Å². The third-order valence-corrected chi connectivity index (χ3v) is 1.98. The molecule has 0 amide bonds. The van der Waals surface area contributed by atoms with Crippen molar-refractivity contribution in [3.05, 3.63) is 34.3 Å². The first-order valence-corrected chi connectivity index (χ1v) is 3.31. The van der Waals surface area contributed by atoms with E-state index in [4.69, 9.17) is 11.6 Å². The minimum absolute atomic E-state index is 0. The molecule has 0 fully saturated rings. The fraction of sp³-hybridized carbons (Fsp3) is 0.250. The summed E-state index contributed by atoms with van der Waals surface area (Å²) < 4.78 is 0. The third-order valence-electron chi connectivity index (χ3n) is 1.38. The highest BCUT2D eigenvalue weighted by atomic mass is 35.5. The number of aryl methyl sites for hydroxylation is 2. The Morgan fingerprint density at radius 2 is 1.50 bits per heavy atom. The lowest BCUT2D eigenvalue weighted by Gasteiger charge is -1.98. The van der Waals surface area contributed by atoms with E-state index in [1.54, 1.807) is 0 Å². The first-order valence-electron chi connectivity index (χ1n) is 2.93. The molecule has 1 aromatic carbocycles. The molecule has 0 radical (unpaired) electrons. The van der Waals surface area contributed by atoms with Crippen LogP contribution in [0.2, 0.25) is 5.02 Å². The molecule has 1 aromatic rings. The maximum Gasteiger partial charge on any atom is 0.316 e. The Kier molecular flexibility index (Phi) is 4.33. The average molecular weight is 167 g/mol. The van der Waals surface area contributed by atoms with Gasteiger partial charge in [0.1, 0.15) is 0 Å². The summed E-state index contributed by atoms with van der Waals surface area (Å²) in [6.07, 6.45) is 0. The van der Waals surface area contributed by atoms with E-state index in [0.29, 0.717) is 0 Å². The van der Waals surface area contributed by atoms with Crippen LogP contribution in [-0.4, -0.2) is 23.1 Å². The maximum absolute atomic E-state index is 5.88. The van der Waals surface area contributed by atoms with Crippen LogP contribution in [-0.2, 0) is 0 Å². The second-order valence-corrected chi connectivity index (χ2v) is 2.58. The fourth-order valence-electron chi connectivity index (χ4n) is 0.794. The largest absolute Gasteiger partial charge is 0.316 e. The lowest BCUT2D eigenvalue weighted by molar-refractivity contribution is 1.39. The third kappa shape index (κ3) is 2.15. The van der Waals surface area contributed by atoms with Gasteiger partial charge < -0.3 is 0 Å². The summed E-state index contributed by atoms with van der Waals surface area (Å²) in [6, 6.07) is 6.03. The van der Waals surface area contributed by atoms with E-state index in [-0.39, 0.29) is 23.1 Å². The molecule has 52 valence electrons. The van der Waals surface area contributed by atoms with Gasteiger partial charge in [-0.15, -0.1) is 0 Å². The van der Waals surface area contributed by atoms with Crippen LogP contribution < -0.4 is 0 Å². The fourth-order valence-corrected chi connectivity index (χ4v) is 0.920. The molecule has 0 bridgehead atoms. The van der Waals surface area contributed by atoms with Gasteiger partial charge in [-0.1, -0.05) is 29.8 Å². The predicted molar refractivity (Wildman–Crippen MR) is 49.5 cm³/mol. The van der Waals surface area contributed by atoms with Crippen molar-refractivity contribution in [2.45, 2.75) is 13.8 Å². The zero-order valence-corrected chi connectivity index (χ0v) is 6.37. The van der Waals surface area contributed by atoms with Crippen molar-refractivity contribution in [3.8, 4) is 0 Å². The summed E-state index contributed by atoms with van der Waals surface area (Å²) in [4.78, 5) is 0. The molecule has 0 unspecified atom stereocenters. The molecular weight excluding hydrogens is 156 g/mol. The van der Waals surface area contributed by atoms with Crippen LogP contribution in [0.4, 0.5) is 0 Å². The van der Waals surface area contributed by atoms with Gasteiger partial charge in [0.05, 0.1) is 0 Å². The number of rotatable bonds is 0. The Labute approximate surface area is 82.7 Å². The monoisotopic (exact) mass is 166 g/mol. The van der Waals surface area contributed by atoms with E-state index in [1.165, 1.54) is 0 Å². The Morgan fingerprint density at radius 3 is 1.80 bits per heavy atom. The van der Waals surface area contributed by atoms with Crippen molar-refractivity contribution in [3.63, 3.8) is 0 Å². The van der Waals surface area contributed by atoms with Crippen LogP contribution in [0.3, 0.4) is 0 Å². The minimum atomic E-state index is 0. The zero-order valence-electron chi connectivity index (χ0n) is 5.61. The molecule has 0 atom stereocenters. The molecule has 0 saturated carbocycles. The Morgan fingerprint density at radius 1 is 1.10 bits per heavy atom. The van der Waals surface area contributed by atoms with E-state index < -0.39 is 0 Å². The molecule has 2 heteroatoms. The zero-order chi connectivity index (χ0) is 6.85. The average Bonchev–Trinajstić information content (AvgIpc) is 1.83. The molecule has 0 aliphatic carbocycles. The SMILES string of the molecule is Cc1cccc(C)c1Cl.[MgH2]. The molecule has 0 saturated heterocycles. The highest BCUT2D eigenvalue weighted by Gasteiger charge is 1.94. The Hall–Kier alpha value is 0.276. The van der Waals surface area contributed by atoms with E-state index in [9.17, 15) is 0 Å². The number of hydrogen-bond donors (Lipinski definition) is 0. The highest BCUT2D eigenvalue weighted by Crippen LogP contribution is 2.18. The van der Waals surface area contributed by atoms with Crippen LogP contribution in [0.25, 0.3) is 0 Å². The second kappa shape index (κ2) is 4.22. The van der Waals surface area contributed by atoms with Gasteiger partial charge >= 0.3 is 23.1 Å². The highest BCUT2D eigenvalue weighted by molar-refractivity contribution is 6.32. The van der Waals surface area contributed by atoms with Gasteiger partial charge in [0.15, 0.2) is 0 Å². The van der Waals surface area contributed by atoms with Gasteiger partial charge in [-0.25, -0.2) is 0 Å². The normalized spacial score (nSPS) is 8.70. The van der Waals surface area contributed by atoms with Gasteiger partial charge in [-0.2, -0.15) is 0 Å². The Balaban J connectivity index is 0.000000810. The first-order chi connectivity index (χ1) is 4.22. The van der Waals surface area contributed by atoms with Gasteiger partial charge in [0, 0.05) is 5.02 Å². The summed E-state index contributed by atoms with van der Waals surface area (Å²) in [7, 11) is 0. The summed E-state index contributed by atoms with van der Waals surface area (Å²) in [5.41, 5.74) is 2.30. The van der Waals surface area contributed by atoms with Crippen molar-refractivity contribution in [1.82, 2.24) is 0 Å². The molecule has 0 aliphatic heterocycles. The van der Waals surface area contributed by atoms with Crippen LogP contribution in [0.1, 0.15) is 11.1 Å². The smallest absolute Gasteiger partial charge is 0.0838 e. The molecule has 10 heavy (non-hydrogen) atoms. The standard InChI is InChI=1S/C8H9Cl.Mg.2H/c1-6-4-3-5-7(2)8(6)9;;;/h3-5H,1-2H3;;;. The number of halogens is 1. The lowest BCUT2D eigenvalue weighted by atomic mass is 10.2. The second-order valence-electron chi connectivity index (χ2n) is 2.21. The van der Waals surface area contributed by atoms with Crippen molar-refractivity contribution in [2.24, 2.45) is 0 Å². The molecule has 0 aromatic heterocycles. The molecular formula is C8H11ClMg. The number of benzene rings is 1. The van der Waals surface area contributed by atoms with Gasteiger partial charge in [0.2, 0.25) is 0 Å². The predicted octanol–water partition coefficient (Wildman–Crippen LogP) is 2.04. The summed E-state index contributed by atoms with van der Waals surface area (Å²) >= 11 is 5.88. The van der Waals surface area contributed by atoms with Crippen molar-refractivity contribution >= 4 is 34.7 Å². The van der Waals surface area contributed by atoms with Crippen LogP contribution in [0.5, 0.6) is 0 Å². The quantitative estimate of drug-likeness (QED) is 0.518. The van der Waals surface area contributed by atoms with Crippen LogP contribution >= 0.6 is 11.6 Å². The summed E-state index contributed by atoms with van der Waals surface area (Å²) in [5, 5.41) is 0.887. The summed E-state index contributed by atoms with van der Waals surface area (Å²) in [5.74, 6) is 0. The number of hydrogen-bond acceptors (Lipinski definition) is 0. The van der Waals surface area contributed by atoms with E-state index >= 15 is 0 Å². The molecule has 0 spiro atoms. The van der Waals surface area contributed by atoms with E-state index in [0.717, 1.165) is 16.1 Å². The van der Waals surface area contributed by atoms with E-state index in [1.807, 2.05) is 32.0 Å². The van der Waals surface area contributed by atoms with Gasteiger partial charge in [0.25, 0.3) is 0 Å². The van der Waals surface area contributed by atoms with Gasteiger partial charge in [-0.3, -0.25) is 0 Å². The molecule has 0 aliphatic rings. The molecule has 1 rings (SSSR count). The van der Waals surface area contributed by atoms with Crippen LogP contribution in [0, 0.1) is 13.8 Å². The van der Waals surface area contributed by atoms with Crippen molar-refractivity contribution in [2.75, 3.05) is 0 Å². The first kappa shape index (κ1) is 10.3. The minimum Gasteiger partial charge on any atom is -0.0838 e. The molecule has 0 N–H and O–H groups in total. The van der Waals surface area contributed by atoms with Crippen LogP contribution in [0.15, 0.2) is 18.2 Å². The Bertz CT molecular complexity index is 200. The maximum atomic E-state index is 5.88. The molecule has 0 heterocycles. The summed E-state index contributed by atoms with van der Waals surface area (Å²) in [6.45, 7) is 4.02.